The van der Waals surface area contributed by atoms with Gasteiger partial charge in [0, 0.05) is 17.6 Å². The molecule has 42 heavy (non-hydrogen) atoms. The second kappa shape index (κ2) is 14.9. The summed E-state index contributed by atoms with van der Waals surface area (Å²) >= 11 is 6.24. The number of halogens is 1. The summed E-state index contributed by atoms with van der Waals surface area (Å²) in [5.74, 6) is 0.220. The van der Waals surface area contributed by atoms with Gasteiger partial charge in [-0.15, -0.1) is 0 Å². The van der Waals surface area contributed by atoms with Gasteiger partial charge in [0.2, 0.25) is 11.8 Å². The van der Waals surface area contributed by atoms with E-state index >= 15 is 0 Å². The number of benzene rings is 3. The molecule has 1 N–H and O–H groups in total. The molecule has 0 aromatic heterocycles. The van der Waals surface area contributed by atoms with Gasteiger partial charge in [-0.2, -0.15) is 0 Å². The Morgan fingerprint density at radius 1 is 0.905 bits per heavy atom. The van der Waals surface area contributed by atoms with E-state index in [0.717, 1.165) is 9.87 Å². The molecule has 0 spiro atoms. The smallest absolute Gasteiger partial charge is 0.264 e. The molecule has 0 saturated carbocycles. The summed E-state index contributed by atoms with van der Waals surface area (Å²) in [4.78, 5) is 28.9. The lowest BCUT2D eigenvalue weighted by Crippen LogP contribution is -2.53. The Balaban J connectivity index is 2.07. The van der Waals surface area contributed by atoms with E-state index in [1.54, 1.807) is 43.5 Å². The Morgan fingerprint density at radius 3 is 2.17 bits per heavy atom. The van der Waals surface area contributed by atoms with Gasteiger partial charge < -0.3 is 19.7 Å². The standard InChI is InChI=1S/C31H38ClN3O6S/c1-6-22(3)33-31(37)29(7-2)34(20-23-10-8-13-27(18-23)41-5)30(36)21-35(25-12-9-11-24(32)19-25)42(38,39)28-16-14-26(40-4)15-17-28/h8-19,22,29H,6-7,20-21H2,1-5H3,(H,33,37)/t22-,29+/m1/s1. The van der Waals surface area contributed by atoms with Crippen LogP contribution in [-0.2, 0) is 26.2 Å². The van der Waals surface area contributed by atoms with Gasteiger partial charge in [0.1, 0.15) is 24.1 Å². The lowest BCUT2D eigenvalue weighted by Gasteiger charge is -2.33. The number of carbonyl (C=O) groups excluding carboxylic acids is 2. The Labute approximate surface area is 253 Å². The maximum atomic E-state index is 14.2. The van der Waals surface area contributed by atoms with Crippen LogP contribution in [0.25, 0.3) is 0 Å². The third kappa shape index (κ3) is 8.17. The van der Waals surface area contributed by atoms with Crippen molar-refractivity contribution in [2.45, 2.75) is 57.1 Å². The molecule has 0 heterocycles. The zero-order chi connectivity index (χ0) is 30.9. The normalized spacial score (nSPS) is 12.6. The van der Waals surface area contributed by atoms with Crippen LogP contribution >= 0.6 is 11.6 Å². The van der Waals surface area contributed by atoms with E-state index in [1.807, 2.05) is 26.8 Å². The molecule has 9 nitrogen and oxygen atoms in total. The molecular formula is C31H38ClN3O6S. The highest BCUT2D eigenvalue weighted by molar-refractivity contribution is 7.92. The van der Waals surface area contributed by atoms with Gasteiger partial charge in [-0.25, -0.2) is 8.42 Å². The van der Waals surface area contributed by atoms with E-state index in [2.05, 4.69) is 5.32 Å². The average molecular weight is 616 g/mol. The Hall–Kier alpha value is -3.76. The largest absolute Gasteiger partial charge is 0.497 e. The fraction of sp³-hybridized carbons (Fsp3) is 0.355. The lowest BCUT2D eigenvalue weighted by molar-refractivity contribution is -0.140. The molecule has 0 radical (unpaired) electrons. The van der Waals surface area contributed by atoms with Crippen LogP contribution < -0.4 is 19.1 Å². The van der Waals surface area contributed by atoms with Crippen molar-refractivity contribution in [3.05, 3.63) is 83.4 Å². The summed E-state index contributed by atoms with van der Waals surface area (Å²) < 4.78 is 39.5. The van der Waals surface area contributed by atoms with Crippen molar-refractivity contribution in [2.24, 2.45) is 0 Å². The van der Waals surface area contributed by atoms with E-state index in [0.29, 0.717) is 29.4 Å². The number of carbonyl (C=O) groups is 2. The van der Waals surface area contributed by atoms with Gasteiger partial charge in [0.25, 0.3) is 10.0 Å². The first kappa shape index (κ1) is 32.8. The van der Waals surface area contributed by atoms with E-state index in [4.69, 9.17) is 21.1 Å². The fourth-order valence-electron chi connectivity index (χ4n) is 4.36. The predicted molar refractivity (Wildman–Crippen MR) is 164 cm³/mol. The number of amides is 2. The highest BCUT2D eigenvalue weighted by Gasteiger charge is 2.34. The molecule has 226 valence electrons. The van der Waals surface area contributed by atoms with Crippen molar-refractivity contribution < 1.29 is 27.5 Å². The molecule has 11 heteroatoms. The van der Waals surface area contributed by atoms with Crippen molar-refractivity contribution in [2.75, 3.05) is 25.1 Å². The minimum Gasteiger partial charge on any atom is -0.497 e. The van der Waals surface area contributed by atoms with E-state index in [9.17, 15) is 18.0 Å². The topological polar surface area (TPSA) is 105 Å². The minimum absolute atomic E-state index is 0.0306. The maximum absolute atomic E-state index is 14.2. The van der Waals surface area contributed by atoms with Crippen molar-refractivity contribution in [3.8, 4) is 11.5 Å². The van der Waals surface area contributed by atoms with Crippen LogP contribution in [0.2, 0.25) is 5.02 Å². The number of sulfonamides is 1. The van der Waals surface area contributed by atoms with Gasteiger partial charge in [0.15, 0.2) is 0 Å². The maximum Gasteiger partial charge on any atom is 0.264 e. The van der Waals surface area contributed by atoms with Crippen molar-refractivity contribution >= 4 is 39.1 Å². The summed E-state index contributed by atoms with van der Waals surface area (Å²) in [6.07, 6.45) is 1.04. The summed E-state index contributed by atoms with van der Waals surface area (Å²) in [5.41, 5.74) is 0.940. The number of nitrogens with one attached hydrogen (secondary N) is 1. The van der Waals surface area contributed by atoms with Gasteiger partial charge in [-0.1, -0.05) is 43.6 Å². The zero-order valence-electron chi connectivity index (χ0n) is 24.5. The number of anilines is 1. The molecule has 0 unspecified atom stereocenters. The van der Waals surface area contributed by atoms with Crippen LogP contribution in [0.1, 0.15) is 39.2 Å². The fourth-order valence-corrected chi connectivity index (χ4v) is 5.95. The number of hydrogen-bond acceptors (Lipinski definition) is 6. The van der Waals surface area contributed by atoms with Gasteiger partial charge >= 0.3 is 0 Å². The first-order chi connectivity index (χ1) is 20.0. The van der Waals surface area contributed by atoms with E-state index in [-0.39, 0.29) is 29.1 Å². The molecule has 0 aliphatic rings. The van der Waals surface area contributed by atoms with Crippen molar-refractivity contribution in [1.82, 2.24) is 10.2 Å². The van der Waals surface area contributed by atoms with Gasteiger partial charge in [-0.3, -0.25) is 13.9 Å². The number of rotatable bonds is 14. The molecule has 2 amide bonds. The monoisotopic (exact) mass is 615 g/mol. The highest BCUT2D eigenvalue weighted by Crippen LogP contribution is 2.28. The van der Waals surface area contributed by atoms with E-state index < -0.39 is 28.5 Å². The summed E-state index contributed by atoms with van der Waals surface area (Å²) in [6.45, 7) is 5.16. The lowest BCUT2D eigenvalue weighted by atomic mass is 10.1. The van der Waals surface area contributed by atoms with Gasteiger partial charge in [-0.05, 0) is 79.9 Å². The average Bonchev–Trinajstić information content (AvgIpc) is 2.99. The number of hydrogen-bond donors (Lipinski definition) is 1. The zero-order valence-corrected chi connectivity index (χ0v) is 26.1. The SMILES string of the molecule is CC[C@@H](C)NC(=O)[C@H](CC)N(Cc1cccc(OC)c1)C(=O)CN(c1cccc(Cl)c1)S(=O)(=O)c1ccc(OC)cc1. The molecular weight excluding hydrogens is 578 g/mol. The minimum atomic E-state index is -4.23. The van der Waals surface area contributed by atoms with Crippen LogP contribution in [0.15, 0.2) is 77.7 Å². The van der Waals surface area contributed by atoms with Crippen LogP contribution in [0.5, 0.6) is 11.5 Å². The third-order valence-corrected chi connectivity index (χ3v) is 8.92. The number of ether oxygens (including phenoxy) is 2. The molecule has 3 aromatic rings. The van der Waals surface area contributed by atoms with Gasteiger partial charge in [0.05, 0.1) is 24.8 Å². The third-order valence-electron chi connectivity index (χ3n) is 6.90. The van der Waals surface area contributed by atoms with Crippen LogP contribution in [0.4, 0.5) is 5.69 Å². The van der Waals surface area contributed by atoms with Crippen LogP contribution in [-0.4, -0.2) is 58.0 Å². The molecule has 2 atom stereocenters. The second-order valence-electron chi connectivity index (χ2n) is 9.78. The molecule has 0 bridgehead atoms. The highest BCUT2D eigenvalue weighted by atomic mass is 35.5. The molecule has 3 rings (SSSR count). The molecule has 3 aromatic carbocycles. The summed E-state index contributed by atoms with van der Waals surface area (Å²) in [6, 6.07) is 18.4. The molecule has 0 saturated heterocycles. The first-order valence-electron chi connectivity index (χ1n) is 13.7. The first-order valence-corrected chi connectivity index (χ1v) is 15.5. The van der Waals surface area contributed by atoms with Crippen molar-refractivity contribution in [1.29, 1.82) is 0 Å². The molecule has 0 aliphatic heterocycles. The second-order valence-corrected chi connectivity index (χ2v) is 12.1. The van der Waals surface area contributed by atoms with Crippen molar-refractivity contribution in [3.63, 3.8) is 0 Å². The quantitative estimate of drug-likeness (QED) is 0.265. The Kier molecular flexibility index (Phi) is 11.6. The Morgan fingerprint density at radius 2 is 1.57 bits per heavy atom. The Bertz CT molecular complexity index is 1470. The molecule has 0 fully saturated rings. The number of methoxy groups -OCH3 is 2. The summed E-state index contributed by atoms with van der Waals surface area (Å²) in [7, 11) is -1.20. The number of nitrogens with zero attached hydrogens (tertiary/aromatic N) is 2. The summed E-state index contributed by atoms with van der Waals surface area (Å²) in [5, 5.41) is 3.27. The van der Waals surface area contributed by atoms with Crippen LogP contribution in [0, 0.1) is 0 Å². The predicted octanol–water partition coefficient (Wildman–Crippen LogP) is 5.27. The van der Waals surface area contributed by atoms with E-state index in [1.165, 1.54) is 42.3 Å². The molecule has 0 aliphatic carbocycles. The van der Waals surface area contributed by atoms with Crippen LogP contribution in [0.3, 0.4) is 0 Å².